The molecule has 0 aromatic heterocycles. The lowest BCUT2D eigenvalue weighted by molar-refractivity contribution is -0.115. The van der Waals surface area contributed by atoms with Crippen LogP contribution in [-0.2, 0) is 9.59 Å². The molecule has 2 nitrogen and oxygen atoms in total. The first-order valence-electron chi connectivity index (χ1n) is 4.92. The molecule has 1 unspecified atom stereocenters. The Bertz CT molecular complexity index is 278. The molecule has 0 spiro atoms. The number of carbonyl (C=O) groups excluding carboxylic acids is 2. The molecule has 13 heavy (non-hydrogen) atoms. The molecule has 0 aliphatic heterocycles. The second kappa shape index (κ2) is 3.09. The van der Waals surface area contributed by atoms with Crippen LogP contribution in [0.25, 0.3) is 0 Å². The summed E-state index contributed by atoms with van der Waals surface area (Å²) >= 11 is 0. The quantitative estimate of drug-likeness (QED) is 0.604. The number of hydrogen-bond donors (Lipinski definition) is 0. The third kappa shape index (κ3) is 1.45. The van der Waals surface area contributed by atoms with Gasteiger partial charge in [-0.3, -0.25) is 4.79 Å². The summed E-state index contributed by atoms with van der Waals surface area (Å²) in [6.45, 7) is 2.09. The van der Waals surface area contributed by atoms with Crippen molar-refractivity contribution in [1.82, 2.24) is 0 Å². The van der Waals surface area contributed by atoms with E-state index in [-0.39, 0.29) is 11.7 Å². The summed E-state index contributed by atoms with van der Waals surface area (Å²) in [6, 6.07) is 0. The molecular formula is C11H14O2. The molecule has 0 bridgehead atoms. The molecule has 2 aliphatic carbocycles. The number of rotatable bonds is 2. The van der Waals surface area contributed by atoms with Crippen molar-refractivity contribution in [2.24, 2.45) is 17.8 Å². The molecule has 1 saturated carbocycles. The summed E-state index contributed by atoms with van der Waals surface area (Å²) < 4.78 is 0. The minimum Gasteiger partial charge on any atom is -0.303 e. The van der Waals surface area contributed by atoms with Crippen molar-refractivity contribution in [2.45, 2.75) is 26.2 Å². The Labute approximate surface area is 78.0 Å². The van der Waals surface area contributed by atoms with Gasteiger partial charge in [-0.2, -0.15) is 0 Å². The van der Waals surface area contributed by atoms with Crippen LogP contribution in [0.3, 0.4) is 0 Å². The van der Waals surface area contributed by atoms with Gasteiger partial charge in [-0.05, 0) is 30.8 Å². The normalized spacial score (nSPS) is 38.4. The van der Waals surface area contributed by atoms with Crippen LogP contribution in [-0.4, -0.2) is 12.1 Å². The van der Waals surface area contributed by atoms with Crippen LogP contribution in [0.5, 0.6) is 0 Å². The molecule has 2 rings (SSSR count). The van der Waals surface area contributed by atoms with Gasteiger partial charge in [0.05, 0.1) is 0 Å². The molecule has 2 heteroatoms. The van der Waals surface area contributed by atoms with E-state index in [9.17, 15) is 9.59 Å². The fourth-order valence-corrected chi connectivity index (χ4v) is 2.37. The van der Waals surface area contributed by atoms with E-state index in [0.29, 0.717) is 18.3 Å². The van der Waals surface area contributed by atoms with Crippen LogP contribution in [0.4, 0.5) is 0 Å². The van der Waals surface area contributed by atoms with Crippen LogP contribution in [0.15, 0.2) is 11.6 Å². The topological polar surface area (TPSA) is 34.1 Å². The summed E-state index contributed by atoms with van der Waals surface area (Å²) in [5.41, 5.74) is 1.22. The molecule has 3 atom stereocenters. The van der Waals surface area contributed by atoms with Gasteiger partial charge in [0.2, 0.25) is 0 Å². The monoisotopic (exact) mass is 178 g/mol. The van der Waals surface area contributed by atoms with Crippen LogP contribution in [0.2, 0.25) is 0 Å². The predicted octanol–water partition coefficient (Wildman–Crippen LogP) is 1.75. The molecule has 0 amide bonds. The zero-order valence-corrected chi connectivity index (χ0v) is 7.82. The third-order valence-electron chi connectivity index (χ3n) is 3.27. The Morgan fingerprint density at radius 1 is 1.46 bits per heavy atom. The van der Waals surface area contributed by atoms with Crippen molar-refractivity contribution in [3.8, 4) is 0 Å². The Kier molecular flexibility index (Phi) is 2.06. The van der Waals surface area contributed by atoms with Crippen LogP contribution < -0.4 is 0 Å². The zero-order chi connectivity index (χ0) is 9.42. The minimum atomic E-state index is 0.192. The highest BCUT2D eigenvalue weighted by atomic mass is 16.1. The second-order valence-electron chi connectivity index (χ2n) is 4.14. The SMILES string of the molecule is C[C@@H]1C(C2=CC(=O)CCC2)[C@@H]1C=O. The van der Waals surface area contributed by atoms with Gasteiger partial charge in [-0.1, -0.05) is 12.5 Å². The van der Waals surface area contributed by atoms with Gasteiger partial charge in [0.25, 0.3) is 0 Å². The molecule has 0 saturated heterocycles. The van der Waals surface area contributed by atoms with Crippen molar-refractivity contribution < 1.29 is 9.59 Å². The maximum absolute atomic E-state index is 11.1. The molecule has 2 aliphatic rings. The van der Waals surface area contributed by atoms with E-state index in [2.05, 4.69) is 6.92 Å². The summed E-state index contributed by atoms with van der Waals surface area (Å²) in [5, 5.41) is 0. The Balaban J connectivity index is 2.10. The van der Waals surface area contributed by atoms with Crippen molar-refractivity contribution in [3.05, 3.63) is 11.6 Å². The first kappa shape index (κ1) is 8.67. The zero-order valence-electron chi connectivity index (χ0n) is 7.82. The Morgan fingerprint density at radius 2 is 2.23 bits per heavy atom. The third-order valence-corrected chi connectivity index (χ3v) is 3.27. The molecular weight excluding hydrogens is 164 g/mol. The van der Waals surface area contributed by atoms with Crippen LogP contribution in [0, 0.1) is 17.8 Å². The van der Waals surface area contributed by atoms with Crippen molar-refractivity contribution >= 4 is 12.1 Å². The highest BCUT2D eigenvalue weighted by molar-refractivity contribution is 5.91. The molecule has 70 valence electrons. The van der Waals surface area contributed by atoms with Gasteiger partial charge in [-0.25, -0.2) is 0 Å². The number of aldehydes is 1. The lowest BCUT2D eigenvalue weighted by Crippen LogP contribution is -2.05. The Hall–Kier alpha value is -0.920. The molecule has 0 radical (unpaired) electrons. The van der Waals surface area contributed by atoms with Gasteiger partial charge in [-0.15, -0.1) is 0 Å². The number of hydrogen-bond acceptors (Lipinski definition) is 2. The summed E-state index contributed by atoms with van der Waals surface area (Å²) in [6.07, 6.45) is 5.49. The molecule has 0 N–H and O–H groups in total. The van der Waals surface area contributed by atoms with E-state index in [4.69, 9.17) is 0 Å². The van der Waals surface area contributed by atoms with Crippen molar-refractivity contribution in [1.29, 1.82) is 0 Å². The molecule has 1 fully saturated rings. The smallest absolute Gasteiger partial charge is 0.155 e. The van der Waals surface area contributed by atoms with Gasteiger partial charge >= 0.3 is 0 Å². The average molecular weight is 178 g/mol. The molecule has 0 aromatic carbocycles. The largest absolute Gasteiger partial charge is 0.303 e. The first-order valence-corrected chi connectivity index (χ1v) is 4.92. The van der Waals surface area contributed by atoms with Gasteiger partial charge in [0.15, 0.2) is 5.78 Å². The predicted molar refractivity (Wildman–Crippen MR) is 49.1 cm³/mol. The van der Waals surface area contributed by atoms with E-state index >= 15 is 0 Å². The lowest BCUT2D eigenvalue weighted by Gasteiger charge is -2.10. The van der Waals surface area contributed by atoms with Crippen LogP contribution >= 0.6 is 0 Å². The fourth-order valence-electron chi connectivity index (χ4n) is 2.37. The maximum atomic E-state index is 11.1. The highest BCUT2D eigenvalue weighted by Gasteiger charge is 2.48. The summed E-state index contributed by atoms with van der Waals surface area (Å²) in [5.74, 6) is 1.29. The van der Waals surface area contributed by atoms with E-state index in [1.165, 1.54) is 5.57 Å². The van der Waals surface area contributed by atoms with Gasteiger partial charge in [0.1, 0.15) is 6.29 Å². The minimum absolute atomic E-state index is 0.192. The van der Waals surface area contributed by atoms with E-state index < -0.39 is 0 Å². The van der Waals surface area contributed by atoms with Crippen LogP contribution in [0.1, 0.15) is 26.2 Å². The standard InChI is InChI=1S/C11H14O2/c1-7-10(6-12)11(7)8-3-2-4-9(13)5-8/h5-7,10-11H,2-4H2,1H3/t7-,10+,11?/m0/s1. The summed E-state index contributed by atoms with van der Waals surface area (Å²) in [7, 11) is 0. The average Bonchev–Trinajstić information content (AvgIpc) is 2.76. The van der Waals surface area contributed by atoms with E-state index in [1.54, 1.807) is 6.08 Å². The number of ketones is 1. The van der Waals surface area contributed by atoms with Gasteiger partial charge in [0, 0.05) is 12.3 Å². The van der Waals surface area contributed by atoms with Gasteiger partial charge < -0.3 is 4.79 Å². The number of carbonyl (C=O) groups is 2. The fraction of sp³-hybridized carbons (Fsp3) is 0.636. The van der Waals surface area contributed by atoms with Crippen molar-refractivity contribution in [2.75, 3.05) is 0 Å². The summed E-state index contributed by atoms with van der Waals surface area (Å²) in [4.78, 5) is 21.7. The number of allylic oxidation sites excluding steroid dienone is 2. The second-order valence-corrected chi connectivity index (χ2v) is 4.14. The maximum Gasteiger partial charge on any atom is 0.155 e. The van der Waals surface area contributed by atoms with E-state index in [0.717, 1.165) is 19.1 Å². The lowest BCUT2D eigenvalue weighted by atomic mass is 9.94. The molecule has 0 heterocycles. The Morgan fingerprint density at radius 3 is 2.77 bits per heavy atom. The molecule has 0 aromatic rings. The first-order chi connectivity index (χ1) is 6.24. The van der Waals surface area contributed by atoms with E-state index in [1.807, 2.05) is 0 Å². The van der Waals surface area contributed by atoms with Crippen molar-refractivity contribution in [3.63, 3.8) is 0 Å². The highest BCUT2D eigenvalue weighted by Crippen LogP contribution is 2.51.